The Hall–Kier alpha value is -1.63. The zero-order valence-electron chi connectivity index (χ0n) is 16.2. The highest BCUT2D eigenvalue weighted by Crippen LogP contribution is 2.25. The maximum absolute atomic E-state index is 14.6. The minimum absolute atomic E-state index is 0.0960. The summed E-state index contributed by atoms with van der Waals surface area (Å²) < 4.78 is 14.6. The maximum Gasteiger partial charge on any atom is 0.131 e. The summed E-state index contributed by atoms with van der Waals surface area (Å²) in [6, 6.07) is 14.1. The molecule has 0 aliphatic rings. The van der Waals surface area contributed by atoms with Crippen LogP contribution in [0.1, 0.15) is 70.4 Å². The first-order valence-electron chi connectivity index (χ1n) is 10.1. The van der Waals surface area contributed by atoms with Crippen molar-refractivity contribution in [1.29, 1.82) is 0 Å². The predicted molar refractivity (Wildman–Crippen MR) is 107 cm³/mol. The standard InChI is InChI=1S/C24H33F/c1-4-8-19(6-3)10-7-11-21-14-17-23(24(25)18-21)22-15-12-20(9-5-2)13-16-22/h12-19H,4-11H2,1-3H3. The van der Waals surface area contributed by atoms with Crippen molar-refractivity contribution in [2.24, 2.45) is 5.92 Å². The second-order valence-electron chi connectivity index (χ2n) is 7.22. The Balaban J connectivity index is 1.97. The monoisotopic (exact) mass is 340 g/mol. The van der Waals surface area contributed by atoms with Gasteiger partial charge in [-0.1, -0.05) is 89.3 Å². The van der Waals surface area contributed by atoms with Crippen LogP contribution in [0.3, 0.4) is 0 Å². The Morgan fingerprint density at radius 3 is 2.12 bits per heavy atom. The molecule has 0 saturated heterocycles. The molecule has 25 heavy (non-hydrogen) atoms. The highest BCUT2D eigenvalue weighted by atomic mass is 19.1. The molecule has 2 rings (SSSR count). The lowest BCUT2D eigenvalue weighted by Crippen LogP contribution is -1.99. The zero-order valence-corrected chi connectivity index (χ0v) is 16.2. The van der Waals surface area contributed by atoms with Crippen LogP contribution in [0.25, 0.3) is 11.1 Å². The molecule has 0 heterocycles. The van der Waals surface area contributed by atoms with Crippen LogP contribution < -0.4 is 0 Å². The lowest BCUT2D eigenvalue weighted by atomic mass is 9.93. The summed E-state index contributed by atoms with van der Waals surface area (Å²) in [6.45, 7) is 6.71. The van der Waals surface area contributed by atoms with Crippen molar-refractivity contribution in [2.45, 2.75) is 72.1 Å². The van der Waals surface area contributed by atoms with Crippen LogP contribution in [0.5, 0.6) is 0 Å². The highest BCUT2D eigenvalue weighted by molar-refractivity contribution is 5.64. The van der Waals surface area contributed by atoms with Gasteiger partial charge in [-0.25, -0.2) is 4.39 Å². The zero-order chi connectivity index (χ0) is 18.1. The summed E-state index contributed by atoms with van der Waals surface area (Å²) >= 11 is 0. The summed E-state index contributed by atoms with van der Waals surface area (Å²) in [6.07, 6.45) is 9.45. The van der Waals surface area contributed by atoms with Gasteiger partial charge in [0.15, 0.2) is 0 Å². The van der Waals surface area contributed by atoms with Gasteiger partial charge in [0.1, 0.15) is 5.82 Å². The largest absolute Gasteiger partial charge is 0.206 e. The van der Waals surface area contributed by atoms with Crippen molar-refractivity contribution >= 4 is 0 Å². The van der Waals surface area contributed by atoms with Crippen LogP contribution in [0.15, 0.2) is 42.5 Å². The lowest BCUT2D eigenvalue weighted by molar-refractivity contribution is 0.419. The van der Waals surface area contributed by atoms with E-state index in [4.69, 9.17) is 0 Å². The van der Waals surface area contributed by atoms with Crippen LogP contribution >= 0.6 is 0 Å². The third kappa shape index (κ3) is 5.99. The first kappa shape index (κ1) is 19.7. The third-order valence-corrected chi connectivity index (χ3v) is 5.19. The van der Waals surface area contributed by atoms with Crippen LogP contribution in [0.4, 0.5) is 4.39 Å². The van der Waals surface area contributed by atoms with E-state index in [9.17, 15) is 4.39 Å². The molecule has 0 spiro atoms. The number of hydrogen-bond donors (Lipinski definition) is 0. The first-order chi connectivity index (χ1) is 12.2. The summed E-state index contributed by atoms with van der Waals surface area (Å²) in [5, 5.41) is 0. The Kier molecular flexibility index (Phi) is 8.18. The predicted octanol–water partition coefficient (Wildman–Crippen LogP) is 7.59. The molecule has 0 aliphatic heterocycles. The number of benzene rings is 2. The molecule has 0 radical (unpaired) electrons. The average molecular weight is 341 g/mol. The van der Waals surface area contributed by atoms with E-state index in [0.29, 0.717) is 5.56 Å². The van der Waals surface area contributed by atoms with Crippen molar-refractivity contribution in [1.82, 2.24) is 0 Å². The molecule has 1 heteroatoms. The quantitative estimate of drug-likeness (QED) is 0.418. The molecule has 0 fully saturated rings. The minimum Gasteiger partial charge on any atom is -0.206 e. The van der Waals surface area contributed by atoms with E-state index in [-0.39, 0.29) is 5.82 Å². The van der Waals surface area contributed by atoms with Crippen LogP contribution in [-0.2, 0) is 12.8 Å². The van der Waals surface area contributed by atoms with E-state index in [1.54, 1.807) is 6.07 Å². The van der Waals surface area contributed by atoms with Crippen molar-refractivity contribution in [3.63, 3.8) is 0 Å². The molecule has 1 atom stereocenters. The van der Waals surface area contributed by atoms with Crippen molar-refractivity contribution in [2.75, 3.05) is 0 Å². The van der Waals surface area contributed by atoms with E-state index in [1.807, 2.05) is 18.2 Å². The van der Waals surface area contributed by atoms with Gasteiger partial charge in [-0.15, -0.1) is 0 Å². The number of halogens is 1. The molecule has 0 N–H and O–H groups in total. The van der Waals surface area contributed by atoms with Crippen LogP contribution in [-0.4, -0.2) is 0 Å². The fraction of sp³-hybridized carbons (Fsp3) is 0.500. The molecular weight excluding hydrogens is 307 g/mol. The third-order valence-electron chi connectivity index (χ3n) is 5.19. The lowest BCUT2D eigenvalue weighted by Gasteiger charge is -2.13. The van der Waals surface area contributed by atoms with Crippen molar-refractivity contribution < 1.29 is 4.39 Å². The van der Waals surface area contributed by atoms with E-state index >= 15 is 0 Å². The molecule has 0 aliphatic carbocycles. The topological polar surface area (TPSA) is 0 Å². The molecule has 1 unspecified atom stereocenters. The number of aryl methyl sites for hydroxylation is 2. The second-order valence-corrected chi connectivity index (χ2v) is 7.22. The average Bonchev–Trinajstić information content (AvgIpc) is 2.62. The van der Waals surface area contributed by atoms with Gasteiger partial charge in [-0.05, 0) is 47.9 Å². The van der Waals surface area contributed by atoms with Crippen LogP contribution in [0.2, 0.25) is 0 Å². The van der Waals surface area contributed by atoms with Crippen LogP contribution in [0, 0.1) is 11.7 Å². The van der Waals surface area contributed by atoms with Gasteiger partial charge < -0.3 is 0 Å². The number of rotatable bonds is 10. The van der Waals surface area contributed by atoms with E-state index < -0.39 is 0 Å². The molecule has 0 bridgehead atoms. The summed E-state index contributed by atoms with van der Waals surface area (Å²) in [4.78, 5) is 0. The highest BCUT2D eigenvalue weighted by Gasteiger charge is 2.08. The minimum atomic E-state index is -0.0960. The fourth-order valence-corrected chi connectivity index (χ4v) is 3.64. The van der Waals surface area contributed by atoms with Gasteiger partial charge in [0.25, 0.3) is 0 Å². The Morgan fingerprint density at radius 1 is 0.800 bits per heavy atom. The van der Waals surface area contributed by atoms with E-state index in [2.05, 4.69) is 39.0 Å². The smallest absolute Gasteiger partial charge is 0.131 e. The molecule has 0 amide bonds. The van der Waals surface area contributed by atoms with Gasteiger partial charge in [-0.3, -0.25) is 0 Å². The van der Waals surface area contributed by atoms with Gasteiger partial charge in [-0.2, -0.15) is 0 Å². The molecule has 0 saturated carbocycles. The molecule has 0 aromatic heterocycles. The molecular formula is C24H33F. The van der Waals surface area contributed by atoms with E-state index in [1.165, 1.54) is 31.2 Å². The maximum atomic E-state index is 14.6. The summed E-state index contributed by atoms with van der Waals surface area (Å²) in [7, 11) is 0. The van der Waals surface area contributed by atoms with Crippen molar-refractivity contribution in [3.8, 4) is 11.1 Å². The Labute approximate surface area is 153 Å². The van der Waals surface area contributed by atoms with Gasteiger partial charge in [0.05, 0.1) is 0 Å². The molecule has 136 valence electrons. The second kappa shape index (κ2) is 10.4. The summed E-state index contributed by atoms with van der Waals surface area (Å²) in [5.41, 5.74) is 4.12. The molecule has 0 nitrogen and oxygen atoms in total. The molecule has 2 aromatic carbocycles. The van der Waals surface area contributed by atoms with Gasteiger partial charge in [0.2, 0.25) is 0 Å². The Morgan fingerprint density at radius 2 is 1.52 bits per heavy atom. The van der Waals surface area contributed by atoms with Crippen molar-refractivity contribution in [3.05, 3.63) is 59.4 Å². The molecule has 2 aromatic rings. The summed E-state index contributed by atoms with van der Waals surface area (Å²) in [5.74, 6) is 0.733. The van der Waals surface area contributed by atoms with E-state index in [0.717, 1.165) is 42.7 Å². The van der Waals surface area contributed by atoms with Gasteiger partial charge >= 0.3 is 0 Å². The SMILES string of the molecule is CCCc1ccc(-c2ccc(CCCC(CC)CCC)cc2F)cc1. The first-order valence-corrected chi connectivity index (χ1v) is 10.1. The Bertz CT molecular complexity index is 627. The fourth-order valence-electron chi connectivity index (χ4n) is 3.64. The number of hydrogen-bond acceptors (Lipinski definition) is 0. The normalized spacial score (nSPS) is 12.3. The van der Waals surface area contributed by atoms with Gasteiger partial charge in [0, 0.05) is 5.56 Å².